The number of rotatable bonds is 2. The number of para-hydroxylation sites is 1. The molecule has 0 saturated carbocycles. The van der Waals surface area contributed by atoms with Crippen molar-refractivity contribution in [1.82, 2.24) is 4.98 Å². The number of nitrogens with one attached hydrogen (secondary N) is 1. The Bertz CT molecular complexity index is 884. The highest BCUT2D eigenvalue weighted by Crippen LogP contribution is 2.23. The van der Waals surface area contributed by atoms with Gasteiger partial charge in [0.05, 0.1) is 11.2 Å². The monoisotopic (exact) mass is 342 g/mol. The molecular weight excluding hydrogens is 332 g/mol. The van der Waals surface area contributed by atoms with Crippen molar-refractivity contribution in [3.63, 3.8) is 0 Å². The highest BCUT2D eigenvalue weighted by atomic mass is 79.9. The molecule has 6 heteroatoms. The van der Waals surface area contributed by atoms with E-state index in [-0.39, 0.29) is 16.9 Å². The number of pyridine rings is 1. The number of nitrogens with zero attached hydrogens (tertiary/aromatic N) is 2. The summed E-state index contributed by atoms with van der Waals surface area (Å²) in [6.07, 6.45) is 0. The highest BCUT2D eigenvalue weighted by Gasteiger charge is 2.08. The van der Waals surface area contributed by atoms with Gasteiger partial charge in [0.2, 0.25) is 5.43 Å². The molecule has 3 aromatic rings. The van der Waals surface area contributed by atoms with Crippen LogP contribution in [-0.4, -0.2) is 4.98 Å². The predicted octanol–water partition coefficient (Wildman–Crippen LogP) is 4.29. The summed E-state index contributed by atoms with van der Waals surface area (Å²) in [5.41, 5.74) is 7.07. The average molecular weight is 343 g/mol. The molecule has 21 heavy (non-hydrogen) atoms. The van der Waals surface area contributed by atoms with Gasteiger partial charge in [-0.3, -0.25) is 4.79 Å². The van der Waals surface area contributed by atoms with E-state index >= 15 is 0 Å². The quantitative estimate of drug-likeness (QED) is 0.681. The fraction of sp³-hybridized carbons (Fsp3) is 0. The molecule has 0 saturated heterocycles. The lowest BCUT2D eigenvalue weighted by atomic mass is 10.2. The van der Waals surface area contributed by atoms with Gasteiger partial charge in [-0.05, 0) is 36.4 Å². The Morgan fingerprint density at radius 3 is 2.48 bits per heavy atom. The SMILES string of the molecule is Nc1[nH]c2ccccc2c(=O)c1N=Nc1ccc(Br)cc1. The third kappa shape index (κ3) is 2.71. The van der Waals surface area contributed by atoms with E-state index in [0.717, 1.165) is 4.47 Å². The van der Waals surface area contributed by atoms with Crippen LogP contribution < -0.4 is 11.2 Å². The number of azo groups is 1. The zero-order chi connectivity index (χ0) is 14.8. The molecule has 104 valence electrons. The van der Waals surface area contributed by atoms with Gasteiger partial charge < -0.3 is 10.7 Å². The predicted molar refractivity (Wildman–Crippen MR) is 87.3 cm³/mol. The number of nitrogen functional groups attached to an aromatic ring is 1. The smallest absolute Gasteiger partial charge is 0.219 e. The van der Waals surface area contributed by atoms with Gasteiger partial charge in [-0.15, -0.1) is 5.11 Å². The number of fused-ring (bicyclic) bond motifs is 1. The molecule has 3 rings (SSSR count). The van der Waals surface area contributed by atoms with Crippen molar-refractivity contribution in [1.29, 1.82) is 0 Å². The second kappa shape index (κ2) is 5.49. The molecule has 0 amide bonds. The maximum Gasteiger partial charge on any atom is 0.219 e. The summed E-state index contributed by atoms with van der Waals surface area (Å²) in [6, 6.07) is 14.4. The van der Waals surface area contributed by atoms with Crippen LogP contribution in [0, 0.1) is 0 Å². The fourth-order valence-electron chi connectivity index (χ4n) is 1.96. The summed E-state index contributed by atoms with van der Waals surface area (Å²) >= 11 is 3.34. The van der Waals surface area contributed by atoms with Crippen LogP contribution in [0.25, 0.3) is 10.9 Å². The molecule has 3 N–H and O–H groups in total. The zero-order valence-electron chi connectivity index (χ0n) is 10.9. The van der Waals surface area contributed by atoms with Gasteiger partial charge in [-0.25, -0.2) is 0 Å². The second-order valence-electron chi connectivity index (χ2n) is 4.44. The molecule has 2 aromatic carbocycles. The van der Waals surface area contributed by atoms with Gasteiger partial charge in [0.25, 0.3) is 0 Å². The van der Waals surface area contributed by atoms with Gasteiger partial charge in [0, 0.05) is 9.86 Å². The van der Waals surface area contributed by atoms with E-state index in [9.17, 15) is 4.79 Å². The van der Waals surface area contributed by atoms with E-state index in [1.54, 1.807) is 30.3 Å². The van der Waals surface area contributed by atoms with Gasteiger partial charge in [-0.2, -0.15) is 5.11 Å². The minimum Gasteiger partial charge on any atom is -0.383 e. The van der Waals surface area contributed by atoms with Crippen LogP contribution >= 0.6 is 15.9 Å². The van der Waals surface area contributed by atoms with Crippen molar-refractivity contribution >= 4 is 44.0 Å². The molecular formula is C15H11BrN4O. The molecule has 0 unspecified atom stereocenters. The van der Waals surface area contributed by atoms with Crippen LogP contribution in [-0.2, 0) is 0 Å². The van der Waals surface area contributed by atoms with Crippen molar-refractivity contribution in [2.75, 3.05) is 5.73 Å². The average Bonchev–Trinajstić information content (AvgIpc) is 2.49. The molecule has 0 radical (unpaired) electrons. The first-order valence-corrected chi connectivity index (χ1v) is 7.02. The third-order valence-corrected chi connectivity index (χ3v) is 3.53. The van der Waals surface area contributed by atoms with Crippen LogP contribution in [0.5, 0.6) is 0 Å². The van der Waals surface area contributed by atoms with Crippen molar-refractivity contribution in [3.8, 4) is 0 Å². The molecule has 0 aliphatic heterocycles. The van der Waals surface area contributed by atoms with E-state index in [1.165, 1.54) is 0 Å². The zero-order valence-corrected chi connectivity index (χ0v) is 12.5. The Labute approximate surface area is 128 Å². The summed E-state index contributed by atoms with van der Waals surface area (Å²) in [5.74, 6) is 0.208. The molecule has 0 aliphatic carbocycles. The molecule has 1 heterocycles. The number of aromatic nitrogens is 1. The van der Waals surface area contributed by atoms with Gasteiger partial charge in [0.15, 0.2) is 5.69 Å². The first-order chi connectivity index (χ1) is 10.1. The Morgan fingerprint density at radius 2 is 1.71 bits per heavy atom. The van der Waals surface area contributed by atoms with Gasteiger partial charge in [-0.1, -0.05) is 28.1 Å². The van der Waals surface area contributed by atoms with Gasteiger partial charge in [0.1, 0.15) is 5.82 Å². The lowest BCUT2D eigenvalue weighted by Crippen LogP contribution is -2.06. The highest BCUT2D eigenvalue weighted by molar-refractivity contribution is 9.10. The van der Waals surface area contributed by atoms with Crippen molar-refractivity contribution in [3.05, 3.63) is 63.2 Å². The van der Waals surface area contributed by atoms with E-state index in [0.29, 0.717) is 16.6 Å². The molecule has 0 atom stereocenters. The number of aromatic amines is 1. The van der Waals surface area contributed by atoms with Crippen molar-refractivity contribution in [2.45, 2.75) is 0 Å². The third-order valence-electron chi connectivity index (χ3n) is 3.00. The molecule has 5 nitrogen and oxygen atoms in total. The first kappa shape index (κ1) is 13.5. The van der Waals surface area contributed by atoms with Crippen LogP contribution in [0.15, 0.2) is 68.0 Å². The standard InChI is InChI=1S/C15H11BrN4O/c16-9-5-7-10(8-6-9)19-20-13-14(21)11-3-1-2-4-12(11)18-15(13)17/h1-8H,(H3,17,18,21). The lowest BCUT2D eigenvalue weighted by Gasteiger charge is -2.02. The maximum absolute atomic E-state index is 12.4. The second-order valence-corrected chi connectivity index (χ2v) is 5.35. The van der Waals surface area contributed by atoms with Crippen molar-refractivity contribution in [2.24, 2.45) is 10.2 Å². The van der Waals surface area contributed by atoms with Crippen LogP contribution in [0.1, 0.15) is 0 Å². The number of hydrogen-bond acceptors (Lipinski definition) is 4. The number of hydrogen-bond donors (Lipinski definition) is 2. The summed E-state index contributed by atoms with van der Waals surface area (Å²) < 4.78 is 0.949. The van der Waals surface area contributed by atoms with E-state index in [1.807, 2.05) is 18.2 Å². The Balaban J connectivity index is 2.08. The molecule has 1 aromatic heterocycles. The number of H-pyrrole nitrogens is 1. The molecule has 0 bridgehead atoms. The van der Waals surface area contributed by atoms with Crippen LogP contribution in [0.4, 0.5) is 17.2 Å². The lowest BCUT2D eigenvalue weighted by molar-refractivity contribution is 1.20. The largest absolute Gasteiger partial charge is 0.383 e. The van der Waals surface area contributed by atoms with Crippen LogP contribution in [0.3, 0.4) is 0 Å². The Hall–Kier alpha value is -2.47. The van der Waals surface area contributed by atoms with E-state index in [2.05, 4.69) is 31.1 Å². The maximum atomic E-state index is 12.4. The Morgan fingerprint density at radius 1 is 1.00 bits per heavy atom. The van der Waals surface area contributed by atoms with E-state index in [4.69, 9.17) is 5.73 Å². The molecule has 0 spiro atoms. The minimum atomic E-state index is -0.234. The molecule has 0 fully saturated rings. The summed E-state index contributed by atoms with van der Waals surface area (Å²) in [6.45, 7) is 0. The number of benzene rings is 2. The van der Waals surface area contributed by atoms with Gasteiger partial charge >= 0.3 is 0 Å². The first-order valence-electron chi connectivity index (χ1n) is 6.23. The summed E-state index contributed by atoms with van der Waals surface area (Å²) in [4.78, 5) is 15.3. The summed E-state index contributed by atoms with van der Waals surface area (Å²) in [5, 5.41) is 8.58. The van der Waals surface area contributed by atoms with Crippen LogP contribution in [0.2, 0.25) is 0 Å². The number of halogens is 1. The molecule has 0 aliphatic rings. The van der Waals surface area contributed by atoms with E-state index < -0.39 is 0 Å². The number of nitrogens with two attached hydrogens (primary N) is 1. The summed E-state index contributed by atoms with van der Waals surface area (Å²) in [7, 11) is 0. The normalized spacial score (nSPS) is 11.3. The fourth-order valence-corrected chi connectivity index (χ4v) is 2.22. The Kier molecular flexibility index (Phi) is 3.53. The topological polar surface area (TPSA) is 83.6 Å². The number of anilines is 1. The minimum absolute atomic E-state index is 0.122. The van der Waals surface area contributed by atoms with Crippen molar-refractivity contribution < 1.29 is 0 Å².